The van der Waals surface area contributed by atoms with Crippen molar-refractivity contribution in [1.82, 2.24) is 0 Å². The number of hydrogen-bond acceptors (Lipinski definition) is 3. The molecule has 0 N–H and O–H groups in total. The summed E-state index contributed by atoms with van der Waals surface area (Å²) in [6.45, 7) is 11.0. The second-order valence-electron chi connectivity index (χ2n) is 4.47. The van der Waals surface area contributed by atoms with Crippen LogP contribution in [0.4, 0.5) is 0 Å². The quantitative estimate of drug-likeness (QED) is 0.614. The van der Waals surface area contributed by atoms with E-state index in [0.29, 0.717) is 19.1 Å². The lowest BCUT2D eigenvalue weighted by Gasteiger charge is -2.19. The summed E-state index contributed by atoms with van der Waals surface area (Å²) in [5.74, 6) is 0.231. The van der Waals surface area contributed by atoms with E-state index in [9.17, 15) is 4.79 Å². The highest BCUT2D eigenvalue weighted by atomic mass is 16.5. The fourth-order valence-electron chi connectivity index (χ4n) is 1.39. The van der Waals surface area contributed by atoms with Crippen LogP contribution >= 0.6 is 0 Å². The summed E-state index contributed by atoms with van der Waals surface area (Å²) in [7, 11) is 0. The van der Waals surface area contributed by atoms with E-state index < -0.39 is 0 Å². The van der Waals surface area contributed by atoms with Crippen LogP contribution in [0, 0.1) is 11.8 Å². The van der Waals surface area contributed by atoms with Crippen molar-refractivity contribution in [3.8, 4) is 0 Å². The second kappa shape index (κ2) is 7.69. The lowest BCUT2D eigenvalue weighted by atomic mass is 9.98. The van der Waals surface area contributed by atoms with E-state index in [1.165, 1.54) is 0 Å². The first-order valence-corrected chi connectivity index (χ1v) is 5.75. The highest BCUT2D eigenvalue weighted by Gasteiger charge is 2.22. The molecule has 0 aliphatic rings. The molecule has 0 saturated carbocycles. The fourth-order valence-corrected chi connectivity index (χ4v) is 1.39. The minimum Gasteiger partial charge on any atom is -0.463 e. The maximum atomic E-state index is 11.7. The zero-order valence-corrected chi connectivity index (χ0v) is 10.6. The Balaban J connectivity index is 4.14. The van der Waals surface area contributed by atoms with Gasteiger partial charge in [0.25, 0.3) is 0 Å². The summed E-state index contributed by atoms with van der Waals surface area (Å²) in [6, 6.07) is 0. The molecule has 0 amide bonds. The zero-order chi connectivity index (χ0) is 11.8. The van der Waals surface area contributed by atoms with Crippen LogP contribution in [0.5, 0.6) is 0 Å². The Morgan fingerprint density at radius 3 is 2.20 bits per heavy atom. The van der Waals surface area contributed by atoms with Gasteiger partial charge in [-0.1, -0.05) is 13.8 Å². The zero-order valence-electron chi connectivity index (χ0n) is 10.6. The smallest absolute Gasteiger partial charge is 0.311 e. The van der Waals surface area contributed by atoms with Gasteiger partial charge in [-0.05, 0) is 33.1 Å². The molecule has 3 nitrogen and oxygen atoms in total. The predicted octanol–water partition coefficient (Wildman–Crippen LogP) is 2.64. The summed E-state index contributed by atoms with van der Waals surface area (Å²) < 4.78 is 10.5. The summed E-state index contributed by atoms with van der Waals surface area (Å²) >= 11 is 0. The Labute approximate surface area is 93.1 Å². The maximum Gasteiger partial charge on any atom is 0.311 e. The molecule has 3 heteroatoms. The van der Waals surface area contributed by atoms with Gasteiger partial charge in [-0.15, -0.1) is 0 Å². The number of ether oxygens (including phenoxy) is 2. The summed E-state index contributed by atoms with van der Waals surface area (Å²) in [5, 5.41) is 0. The topological polar surface area (TPSA) is 35.5 Å². The van der Waals surface area contributed by atoms with Crippen molar-refractivity contribution in [2.24, 2.45) is 11.8 Å². The second-order valence-corrected chi connectivity index (χ2v) is 4.47. The molecular formula is C12H24O3. The van der Waals surface area contributed by atoms with E-state index in [0.717, 1.165) is 6.42 Å². The molecule has 1 atom stereocenters. The van der Waals surface area contributed by atoms with Gasteiger partial charge in [-0.25, -0.2) is 0 Å². The molecular weight excluding hydrogens is 192 g/mol. The van der Waals surface area contributed by atoms with E-state index in [4.69, 9.17) is 9.47 Å². The number of hydrogen-bond donors (Lipinski definition) is 0. The molecule has 90 valence electrons. The van der Waals surface area contributed by atoms with Gasteiger partial charge in [0, 0.05) is 6.61 Å². The third-order valence-electron chi connectivity index (χ3n) is 1.96. The molecule has 0 bridgehead atoms. The van der Waals surface area contributed by atoms with Gasteiger partial charge in [0.15, 0.2) is 0 Å². The van der Waals surface area contributed by atoms with Crippen molar-refractivity contribution in [3.63, 3.8) is 0 Å². The summed E-state index contributed by atoms with van der Waals surface area (Å²) in [4.78, 5) is 11.7. The van der Waals surface area contributed by atoms with Crippen LogP contribution in [-0.2, 0) is 14.3 Å². The van der Waals surface area contributed by atoms with Crippen LogP contribution in [-0.4, -0.2) is 25.3 Å². The molecule has 0 aliphatic heterocycles. The molecule has 15 heavy (non-hydrogen) atoms. The Bertz CT molecular complexity index is 176. The van der Waals surface area contributed by atoms with Crippen LogP contribution in [0.25, 0.3) is 0 Å². The van der Waals surface area contributed by atoms with Gasteiger partial charge < -0.3 is 9.47 Å². The SMILES string of the molecule is CCOCC(CC(C)C)C(=O)OC(C)C. The predicted molar refractivity (Wildman–Crippen MR) is 60.7 cm³/mol. The summed E-state index contributed by atoms with van der Waals surface area (Å²) in [5.41, 5.74) is 0. The molecule has 0 radical (unpaired) electrons. The van der Waals surface area contributed by atoms with Crippen LogP contribution in [0.1, 0.15) is 41.0 Å². The van der Waals surface area contributed by atoms with Crippen molar-refractivity contribution in [1.29, 1.82) is 0 Å². The molecule has 0 rings (SSSR count). The van der Waals surface area contributed by atoms with E-state index in [1.807, 2.05) is 20.8 Å². The summed E-state index contributed by atoms with van der Waals surface area (Å²) in [6.07, 6.45) is 0.778. The van der Waals surface area contributed by atoms with E-state index in [1.54, 1.807) is 0 Å². The van der Waals surface area contributed by atoms with Crippen molar-refractivity contribution in [2.45, 2.75) is 47.1 Å². The number of rotatable bonds is 7. The number of carbonyl (C=O) groups is 1. The van der Waals surface area contributed by atoms with Gasteiger partial charge in [0.05, 0.1) is 18.6 Å². The normalized spacial score (nSPS) is 13.3. The molecule has 0 aromatic carbocycles. The number of esters is 1. The molecule has 0 spiro atoms. The Morgan fingerprint density at radius 1 is 1.20 bits per heavy atom. The van der Waals surface area contributed by atoms with E-state index in [2.05, 4.69) is 13.8 Å². The fraction of sp³-hybridized carbons (Fsp3) is 0.917. The lowest BCUT2D eigenvalue weighted by Crippen LogP contribution is -2.26. The van der Waals surface area contributed by atoms with Crippen LogP contribution in [0.15, 0.2) is 0 Å². The van der Waals surface area contributed by atoms with Crippen molar-refractivity contribution in [2.75, 3.05) is 13.2 Å². The highest BCUT2D eigenvalue weighted by molar-refractivity contribution is 5.72. The van der Waals surface area contributed by atoms with Crippen molar-refractivity contribution in [3.05, 3.63) is 0 Å². The van der Waals surface area contributed by atoms with Gasteiger partial charge in [-0.3, -0.25) is 4.79 Å². The molecule has 0 aliphatic carbocycles. The molecule has 0 aromatic rings. The third kappa shape index (κ3) is 7.37. The molecule has 0 heterocycles. The van der Waals surface area contributed by atoms with Gasteiger partial charge in [0.2, 0.25) is 0 Å². The Morgan fingerprint density at radius 2 is 1.80 bits per heavy atom. The first-order chi connectivity index (χ1) is 6.97. The number of carbonyl (C=O) groups excluding carboxylic acids is 1. The van der Waals surface area contributed by atoms with Gasteiger partial charge in [0.1, 0.15) is 0 Å². The monoisotopic (exact) mass is 216 g/mol. The maximum absolute atomic E-state index is 11.7. The van der Waals surface area contributed by atoms with E-state index >= 15 is 0 Å². The Hall–Kier alpha value is -0.570. The van der Waals surface area contributed by atoms with Crippen LogP contribution in [0.3, 0.4) is 0 Å². The highest BCUT2D eigenvalue weighted by Crippen LogP contribution is 2.14. The molecule has 0 saturated heterocycles. The third-order valence-corrected chi connectivity index (χ3v) is 1.96. The molecule has 0 aromatic heterocycles. The molecule has 1 unspecified atom stereocenters. The van der Waals surface area contributed by atoms with E-state index in [-0.39, 0.29) is 18.0 Å². The van der Waals surface area contributed by atoms with Crippen LogP contribution < -0.4 is 0 Å². The standard InChI is InChI=1S/C12H24O3/c1-6-14-8-11(7-9(2)3)12(13)15-10(4)5/h9-11H,6-8H2,1-5H3. The Kier molecular flexibility index (Phi) is 7.39. The average molecular weight is 216 g/mol. The van der Waals surface area contributed by atoms with Gasteiger partial charge >= 0.3 is 5.97 Å². The lowest BCUT2D eigenvalue weighted by molar-refractivity contribution is -0.155. The minimum atomic E-state index is -0.132. The largest absolute Gasteiger partial charge is 0.463 e. The van der Waals surface area contributed by atoms with Gasteiger partial charge in [-0.2, -0.15) is 0 Å². The molecule has 0 fully saturated rings. The average Bonchev–Trinajstić information content (AvgIpc) is 2.10. The van der Waals surface area contributed by atoms with Crippen molar-refractivity contribution < 1.29 is 14.3 Å². The van der Waals surface area contributed by atoms with Crippen LogP contribution in [0.2, 0.25) is 0 Å². The van der Waals surface area contributed by atoms with Crippen molar-refractivity contribution >= 4 is 5.97 Å². The first-order valence-electron chi connectivity index (χ1n) is 5.75. The first kappa shape index (κ1) is 14.4. The minimum absolute atomic E-state index is 0.0474.